The Labute approximate surface area is 128 Å². The molecule has 1 saturated heterocycles. The number of nitrogens with zero attached hydrogens (tertiary/aromatic N) is 3. The Morgan fingerprint density at radius 3 is 2.57 bits per heavy atom. The second kappa shape index (κ2) is 6.12. The third-order valence-corrected chi connectivity index (χ3v) is 5.28. The maximum atomic E-state index is 12.2. The molecular formula is C16H21N3OS. The van der Waals surface area contributed by atoms with Gasteiger partial charge in [0.05, 0.1) is 22.5 Å². The highest BCUT2D eigenvalue weighted by Crippen LogP contribution is 2.22. The molecule has 1 aromatic carbocycles. The smallest absolute Gasteiger partial charge is 0.0775 e. The van der Waals surface area contributed by atoms with E-state index in [4.69, 9.17) is 0 Å². The van der Waals surface area contributed by atoms with Gasteiger partial charge in [0.15, 0.2) is 0 Å². The summed E-state index contributed by atoms with van der Waals surface area (Å²) in [7, 11) is -0.892. The Kier molecular flexibility index (Phi) is 4.22. The average molecular weight is 303 g/mol. The van der Waals surface area contributed by atoms with Crippen LogP contribution >= 0.6 is 0 Å². The Morgan fingerprint density at radius 1 is 1.24 bits per heavy atom. The van der Waals surface area contributed by atoms with Gasteiger partial charge in [0.25, 0.3) is 0 Å². The van der Waals surface area contributed by atoms with E-state index >= 15 is 0 Å². The third kappa shape index (κ3) is 3.24. The number of hydrogen-bond donors (Lipinski definition) is 0. The van der Waals surface area contributed by atoms with Gasteiger partial charge in [0.1, 0.15) is 0 Å². The molecule has 1 aliphatic heterocycles. The molecule has 5 heteroatoms. The molecule has 0 radical (unpaired) electrons. The first-order chi connectivity index (χ1) is 10.1. The third-order valence-electron chi connectivity index (χ3n) is 3.93. The largest absolute Gasteiger partial charge is 0.298 e. The number of rotatable bonds is 5. The summed E-state index contributed by atoms with van der Waals surface area (Å²) in [4.78, 5) is 3.27. The highest BCUT2D eigenvalue weighted by Gasteiger charge is 2.29. The van der Waals surface area contributed by atoms with Gasteiger partial charge in [0.2, 0.25) is 0 Å². The van der Waals surface area contributed by atoms with Crippen LogP contribution in [0.2, 0.25) is 0 Å². The lowest BCUT2D eigenvalue weighted by Crippen LogP contribution is -2.49. The molecule has 1 aromatic heterocycles. The summed E-state index contributed by atoms with van der Waals surface area (Å²) >= 11 is 0. The van der Waals surface area contributed by atoms with Gasteiger partial charge in [0, 0.05) is 36.0 Å². The Balaban J connectivity index is 1.47. The van der Waals surface area contributed by atoms with Crippen molar-refractivity contribution in [2.75, 3.05) is 25.4 Å². The van der Waals surface area contributed by atoms with Crippen molar-refractivity contribution in [3.63, 3.8) is 0 Å². The summed E-state index contributed by atoms with van der Waals surface area (Å²) in [5.41, 5.74) is 2.31. The first-order valence-corrected chi connectivity index (χ1v) is 8.64. The molecule has 0 bridgehead atoms. The van der Waals surface area contributed by atoms with Gasteiger partial charge >= 0.3 is 0 Å². The van der Waals surface area contributed by atoms with Gasteiger partial charge < -0.3 is 0 Å². The molecule has 0 unspecified atom stereocenters. The van der Waals surface area contributed by atoms with Crippen LogP contribution in [0.15, 0.2) is 41.3 Å². The minimum absolute atomic E-state index is 0.476. The lowest BCUT2D eigenvalue weighted by Gasteiger charge is -2.39. The standard InChI is InChI=1S/C16H21N3OS/c1-13-10-14(2)19(17-13)15-11-18(12-15)8-9-21(20)16-6-4-3-5-7-16/h3-7,10,15H,8-9,11-12H2,1-2H3/t21-/m0/s1. The fourth-order valence-corrected chi connectivity index (χ4v) is 3.92. The van der Waals surface area contributed by atoms with Crippen LogP contribution in [0.1, 0.15) is 17.4 Å². The van der Waals surface area contributed by atoms with Crippen LogP contribution in [0.4, 0.5) is 0 Å². The van der Waals surface area contributed by atoms with Crippen molar-refractivity contribution in [1.29, 1.82) is 0 Å². The summed E-state index contributed by atoms with van der Waals surface area (Å²) in [6, 6.07) is 12.3. The SMILES string of the molecule is Cc1cc(C)n(C2CN(CC[S@](=O)c3ccccc3)C2)n1. The van der Waals surface area contributed by atoms with Crippen molar-refractivity contribution >= 4 is 10.8 Å². The molecule has 21 heavy (non-hydrogen) atoms. The van der Waals surface area contributed by atoms with Gasteiger partial charge in [-0.1, -0.05) is 18.2 Å². The van der Waals surface area contributed by atoms with Crippen molar-refractivity contribution in [2.45, 2.75) is 24.8 Å². The van der Waals surface area contributed by atoms with Crippen molar-refractivity contribution in [3.05, 3.63) is 47.8 Å². The quantitative estimate of drug-likeness (QED) is 0.849. The minimum atomic E-state index is -0.892. The normalized spacial score (nSPS) is 17.6. The van der Waals surface area contributed by atoms with E-state index in [0.717, 1.165) is 30.2 Å². The summed E-state index contributed by atoms with van der Waals surface area (Å²) in [6.45, 7) is 7.04. The van der Waals surface area contributed by atoms with Gasteiger partial charge in [-0.3, -0.25) is 13.8 Å². The van der Waals surface area contributed by atoms with Crippen molar-refractivity contribution < 1.29 is 4.21 Å². The molecule has 0 N–H and O–H groups in total. The van der Waals surface area contributed by atoms with Crippen LogP contribution in [0.5, 0.6) is 0 Å². The molecular weight excluding hydrogens is 282 g/mol. The molecule has 3 rings (SSSR count). The second-order valence-electron chi connectivity index (χ2n) is 5.65. The molecule has 2 heterocycles. The van der Waals surface area contributed by atoms with E-state index in [1.807, 2.05) is 37.3 Å². The molecule has 112 valence electrons. The number of hydrogen-bond acceptors (Lipinski definition) is 3. The fraction of sp³-hybridized carbons (Fsp3) is 0.438. The summed E-state index contributed by atoms with van der Waals surface area (Å²) in [5, 5.41) is 4.54. The van der Waals surface area contributed by atoms with E-state index in [9.17, 15) is 4.21 Å². The van der Waals surface area contributed by atoms with E-state index in [1.165, 1.54) is 5.69 Å². The van der Waals surface area contributed by atoms with Crippen LogP contribution in [0.3, 0.4) is 0 Å². The van der Waals surface area contributed by atoms with Crippen molar-refractivity contribution in [3.8, 4) is 0 Å². The Morgan fingerprint density at radius 2 is 1.95 bits per heavy atom. The summed E-state index contributed by atoms with van der Waals surface area (Å²) in [6.07, 6.45) is 0. The van der Waals surface area contributed by atoms with E-state index < -0.39 is 10.8 Å². The van der Waals surface area contributed by atoms with Crippen molar-refractivity contribution in [2.24, 2.45) is 0 Å². The topological polar surface area (TPSA) is 38.1 Å². The van der Waals surface area contributed by atoms with Gasteiger partial charge in [-0.25, -0.2) is 0 Å². The van der Waals surface area contributed by atoms with Crippen LogP contribution in [0.25, 0.3) is 0 Å². The maximum Gasteiger partial charge on any atom is 0.0775 e. The highest BCUT2D eigenvalue weighted by molar-refractivity contribution is 7.85. The number of likely N-dealkylation sites (tertiary alicyclic amines) is 1. The number of aromatic nitrogens is 2. The van der Waals surface area contributed by atoms with E-state index in [-0.39, 0.29) is 0 Å². The fourth-order valence-electron chi connectivity index (χ4n) is 2.80. The zero-order chi connectivity index (χ0) is 14.8. The van der Waals surface area contributed by atoms with E-state index in [0.29, 0.717) is 11.8 Å². The first kappa shape index (κ1) is 14.5. The molecule has 0 spiro atoms. The second-order valence-corrected chi connectivity index (χ2v) is 7.22. The molecule has 1 atom stereocenters. The van der Waals surface area contributed by atoms with Crippen LogP contribution in [-0.2, 0) is 10.8 Å². The predicted octanol–water partition coefficient (Wildman–Crippen LogP) is 2.16. The van der Waals surface area contributed by atoms with Gasteiger partial charge in [-0.15, -0.1) is 0 Å². The predicted molar refractivity (Wildman–Crippen MR) is 84.9 cm³/mol. The molecule has 2 aromatic rings. The van der Waals surface area contributed by atoms with E-state index in [1.54, 1.807) is 0 Å². The number of aryl methyl sites for hydroxylation is 2. The van der Waals surface area contributed by atoms with Crippen molar-refractivity contribution in [1.82, 2.24) is 14.7 Å². The number of benzene rings is 1. The Bertz CT molecular complexity index is 632. The molecule has 0 aliphatic carbocycles. The maximum absolute atomic E-state index is 12.2. The zero-order valence-electron chi connectivity index (χ0n) is 12.5. The minimum Gasteiger partial charge on any atom is -0.298 e. The zero-order valence-corrected chi connectivity index (χ0v) is 13.3. The first-order valence-electron chi connectivity index (χ1n) is 7.32. The summed E-state index contributed by atoms with van der Waals surface area (Å²) < 4.78 is 14.3. The van der Waals surface area contributed by atoms with Crippen LogP contribution in [0, 0.1) is 13.8 Å². The highest BCUT2D eigenvalue weighted by atomic mass is 32.2. The average Bonchev–Trinajstić information content (AvgIpc) is 2.76. The van der Waals surface area contributed by atoms with Crippen LogP contribution < -0.4 is 0 Å². The van der Waals surface area contributed by atoms with Crippen LogP contribution in [-0.4, -0.2) is 44.3 Å². The van der Waals surface area contributed by atoms with Gasteiger partial charge in [-0.05, 0) is 32.0 Å². The molecule has 4 nitrogen and oxygen atoms in total. The summed E-state index contributed by atoms with van der Waals surface area (Å²) in [5.74, 6) is 0.702. The van der Waals surface area contributed by atoms with Gasteiger partial charge in [-0.2, -0.15) is 5.10 Å². The lowest BCUT2D eigenvalue weighted by atomic mass is 10.1. The van der Waals surface area contributed by atoms with E-state index in [2.05, 4.69) is 27.7 Å². The lowest BCUT2D eigenvalue weighted by molar-refractivity contribution is 0.105. The molecule has 1 aliphatic rings. The monoisotopic (exact) mass is 303 g/mol. The molecule has 1 fully saturated rings. The molecule has 0 saturated carbocycles. The molecule has 0 amide bonds. The Hall–Kier alpha value is -1.46.